The molecule has 0 radical (unpaired) electrons. The highest BCUT2D eigenvalue weighted by Gasteiger charge is 2.05. The van der Waals surface area contributed by atoms with Crippen LogP contribution < -0.4 is 5.73 Å². The lowest BCUT2D eigenvalue weighted by Crippen LogP contribution is -1.99. The molecular formula is C9H10N4. The maximum atomic E-state index is 5.48. The van der Waals surface area contributed by atoms with Gasteiger partial charge in [0, 0.05) is 18.6 Å². The minimum absolute atomic E-state index is 0.313. The van der Waals surface area contributed by atoms with Crippen LogP contribution in [0.4, 0.5) is 5.95 Å². The Morgan fingerprint density at radius 2 is 2.31 bits per heavy atom. The average Bonchev–Trinajstić information content (AvgIpc) is 2.19. The van der Waals surface area contributed by atoms with Crippen LogP contribution in [-0.4, -0.2) is 16.2 Å². The first-order chi connectivity index (χ1) is 6.36. The smallest absolute Gasteiger partial charge is 0.220 e. The zero-order valence-electron chi connectivity index (χ0n) is 7.14. The van der Waals surface area contributed by atoms with Gasteiger partial charge in [-0.2, -0.15) is 0 Å². The SMILES string of the molecule is Nc1nccc(C2=CN=CCC2)n1. The molecule has 0 fully saturated rings. The van der Waals surface area contributed by atoms with Gasteiger partial charge in [-0.3, -0.25) is 4.99 Å². The van der Waals surface area contributed by atoms with Crippen LogP contribution in [0.5, 0.6) is 0 Å². The lowest BCUT2D eigenvalue weighted by molar-refractivity contribution is 1.06. The van der Waals surface area contributed by atoms with Crippen molar-refractivity contribution in [3.05, 3.63) is 24.2 Å². The molecule has 66 valence electrons. The number of hydrogen-bond donors (Lipinski definition) is 1. The number of nitrogen functional groups attached to an aromatic ring is 1. The summed E-state index contributed by atoms with van der Waals surface area (Å²) < 4.78 is 0. The summed E-state index contributed by atoms with van der Waals surface area (Å²) >= 11 is 0. The molecule has 0 unspecified atom stereocenters. The molecular weight excluding hydrogens is 164 g/mol. The number of nitrogens with zero attached hydrogens (tertiary/aromatic N) is 3. The van der Waals surface area contributed by atoms with Crippen molar-refractivity contribution in [1.82, 2.24) is 9.97 Å². The van der Waals surface area contributed by atoms with Gasteiger partial charge in [0.25, 0.3) is 0 Å². The minimum atomic E-state index is 0.313. The Bertz CT molecular complexity index is 368. The third-order valence-corrected chi connectivity index (χ3v) is 1.88. The van der Waals surface area contributed by atoms with Crippen LogP contribution >= 0.6 is 0 Å². The fourth-order valence-corrected chi connectivity index (χ4v) is 1.25. The van der Waals surface area contributed by atoms with E-state index in [2.05, 4.69) is 15.0 Å². The van der Waals surface area contributed by atoms with Gasteiger partial charge in [0.15, 0.2) is 0 Å². The van der Waals surface area contributed by atoms with E-state index < -0.39 is 0 Å². The normalized spacial score (nSPS) is 15.5. The van der Waals surface area contributed by atoms with E-state index in [4.69, 9.17) is 5.73 Å². The fourth-order valence-electron chi connectivity index (χ4n) is 1.25. The quantitative estimate of drug-likeness (QED) is 0.697. The monoisotopic (exact) mass is 174 g/mol. The van der Waals surface area contributed by atoms with Gasteiger partial charge in [-0.05, 0) is 24.5 Å². The van der Waals surface area contributed by atoms with Crippen LogP contribution in [0.1, 0.15) is 18.5 Å². The number of aliphatic imine (C=N–C) groups is 1. The Morgan fingerprint density at radius 1 is 1.38 bits per heavy atom. The van der Waals surface area contributed by atoms with Crippen LogP contribution in [0, 0.1) is 0 Å². The van der Waals surface area contributed by atoms with Gasteiger partial charge >= 0.3 is 0 Å². The summed E-state index contributed by atoms with van der Waals surface area (Å²) in [6.07, 6.45) is 7.33. The molecule has 4 heteroatoms. The van der Waals surface area contributed by atoms with Gasteiger partial charge in [-0.15, -0.1) is 0 Å². The summed E-state index contributed by atoms with van der Waals surface area (Å²) in [5, 5.41) is 0. The zero-order chi connectivity index (χ0) is 9.10. The van der Waals surface area contributed by atoms with Crippen molar-refractivity contribution in [2.45, 2.75) is 12.8 Å². The second kappa shape index (κ2) is 3.35. The number of allylic oxidation sites excluding steroid dienone is 1. The third-order valence-electron chi connectivity index (χ3n) is 1.88. The van der Waals surface area contributed by atoms with E-state index in [0.717, 1.165) is 24.1 Å². The first-order valence-electron chi connectivity index (χ1n) is 4.16. The van der Waals surface area contributed by atoms with Gasteiger partial charge in [0.1, 0.15) is 0 Å². The molecule has 4 nitrogen and oxygen atoms in total. The Hall–Kier alpha value is -1.71. The Balaban J connectivity index is 2.34. The highest BCUT2D eigenvalue weighted by molar-refractivity contribution is 5.72. The molecule has 13 heavy (non-hydrogen) atoms. The van der Waals surface area contributed by atoms with E-state index in [0.29, 0.717) is 5.95 Å². The molecule has 2 N–H and O–H groups in total. The molecule has 0 atom stereocenters. The van der Waals surface area contributed by atoms with Crippen molar-refractivity contribution in [3.63, 3.8) is 0 Å². The molecule has 0 spiro atoms. The van der Waals surface area contributed by atoms with E-state index in [1.165, 1.54) is 0 Å². The van der Waals surface area contributed by atoms with Crippen LogP contribution in [0.3, 0.4) is 0 Å². The minimum Gasteiger partial charge on any atom is -0.368 e. The van der Waals surface area contributed by atoms with Gasteiger partial charge in [-0.1, -0.05) is 0 Å². The van der Waals surface area contributed by atoms with E-state index in [-0.39, 0.29) is 0 Å². The second-order valence-electron chi connectivity index (χ2n) is 2.82. The molecule has 0 saturated carbocycles. The number of hydrogen-bond acceptors (Lipinski definition) is 4. The van der Waals surface area contributed by atoms with Crippen molar-refractivity contribution >= 4 is 17.7 Å². The molecule has 1 aromatic rings. The molecule has 0 aromatic carbocycles. The summed E-state index contributed by atoms with van der Waals surface area (Å²) in [5.41, 5.74) is 7.48. The number of aromatic nitrogens is 2. The standard InChI is InChI=1S/C9H10N4/c10-9-12-5-3-8(13-9)7-2-1-4-11-6-7/h3-6H,1-2H2,(H2,10,12,13). The van der Waals surface area contributed by atoms with Gasteiger partial charge in [0.2, 0.25) is 5.95 Å². The summed E-state index contributed by atoms with van der Waals surface area (Å²) in [6.45, 7) is 0. The van der Waals surface area contributed by atoms with Gasteiger partial charge < -0.3 is 5.73 Å². The lowest BCUT2D eigenvalue weighted by Gasteiger charge is -2.06. The first-order valence-corrected chi connectivity index (χ1v) is 4.16. The maximum absolute atomic E-state index is 5.48. The van der Waals surface area contributed by atoms with Crippen molar-refractivity contribution in [1.29, 1.82) is 0 Å². The summed E-state index contributed by atoms with van der Waals surface area (Å²) in [6, 6.07) is 1.85. The summed E-state index contributed by atoms with van der Waals surface area (Å²) in [7, 11) is 0. The number of anilines is 1. The van der Waals surface area contributed by atoms with Crippen molar-refractivity contribution in [2.75, 3.05) is 5.73 Å². The van der Waals surface area contributed by atoms with E-state index in [1.54, 1.807) is 6.20 Å². The average molecular weight is 174 g/mol. The van der Waals surface area contributed by atoms with Crippen LogP contribution in [-0.2, 0) is 0 Å². The Kier molecular flexibility index (Phi) is 2.04. The Morgan fingerprint density at radius 3 is 3.00 bits per heavy atom. The second-order valence-corrected chi connectivity index (χ2v) is 2.82. The predicted octanol–water partition coefficient (Wildman–Crippen LogP) is 1.26. The predicted molar refractivity (Wildman–Crippen MR) is 52.1 cm³/mol. The molecule has 0 saturated heterocycles. The van der Waals surface area contributed by atoms with Crippen molar-refractivity contribution in [2.24, 2.45) is 4.99 Å². The van der Waals surface area contributed by atoms with Crippen molar-refractivity contribution in [3.8, 4) is 0 Å². The largest absolute Gasteiger partial charge is 0.368 e. The van der Waals surface area contributed by atoms with Crippen LogP contribution in [0.25, 0.3) is 5.57 Å². The molecule has 1 aromatic heterocycles. The molecule has 0 aliphatic carbocycles. The molecule has 1 aliphatic heterocycles. The molecule has 0 amide bonds. The maximum Gasteiger partial charge on any atom is 0.220 e. The summed E-state index contributed by atoms with van der Waals surface area (Å²) in [4.78, 5) is 12.0. The highest BCUT2D eigenvalue weighted by Crippen LogP contribution is 2.19. The van der Waals surface area contributed by atoms with Gasteiger partial charge in [-0.25, -0.2) is 9.97 Å². The number of rotatable bonds is 1. The van der Waals surface area contributed by atoms with Crippen LogP contribution in [0.2, 0.25) is 0 Å². The van der Waals surface area contributed by atoms with E-state index in [1.807, 2.05) is 18.5 Å². The summed E-state index contributed by atoms with van der Waals surface area (Å²) in [5.74, 6) is 0.313. The molecule has 2 heterocycles. The third kappa shape index (κ3) is 1.72. The van der Waals surface area contributed by atoms with Crippen molar-refractivity contribution < 1.29 is 0 Å². The lowest BCUT2D eigenvalue weighted by atomic mass is 10.1. The number of nitrogens with two attached hydrogens (primary N) is 1. The van der Waals surface area contributed by atoms with Gasteiger partial charge in [0.05, 0.1) is 5.69 Å². The van der Waals surface area contributed by atoms with E-state index in [9.17, 15) is 0 Å². The molecule has 0 bridgehead atoms. The molecule has 2 rings (SSSR count). The highest BCUT2D eigenvalue weighted by atomic mass is 15.0. The Labute approximate surface area is 76.2 Å². The van der Waals surface area contributed by atoms with E-state index >= 15 is 0 Å². The fraction of sp³-hybridized carbons (Fsp3) is 0.222. The van der Waals surface area contributed by atoms with Crippen LogP contribution in [0.15, 0.2) is 23.5 Å². The zero-order valence-corrected chi connectivity index (χ0v) is 7.14. The molecule has 1 aliphatic rings. The topological polar surface area (TPSA) is 64.2 Å². The first kappa shape index (κ1) is 7.91.